The van der Waals surface area contributed by atoms with E-state index in [1.54, 1.807) is 0 Å². The van der Waals surface area contributed by atoms with Crippen LogP contribution < -0.4 is 5.32 Å². The Morgan fingerprint density at radius 1 is 0.302 bits per heavy atom. The van der Waals surface area contributed by atoms with E-state index in [1.165, 1.54) is 25.7 Å². The lowest BCUT2D eigenvalue weighted by Crippen LogP contribution is -2.31. The first kappa shape index (κ1) is 59.8. The van der Waals surface area contributed by atoms with Gasteiger partial charge in [0.2, 0.25) is 0 Å². The van der Waals surface area contributed by atoms with Gasteiger partial charge in [0.25, 0.3) is 0 Å². The zero-order valence-electron chi connectivity index (χ0n) is 40.4. The van der Waals surface area contributed by atoms with Gasteiger partial charge in [-0.05, 0) is 51.6 Å². The molecule has 13 heteroatoms. The lowest BCUT2D eigenvalue weighted by Gasteiger charge is -2.18. The van der Waals surface area contributed by atoms with E-state index in [0.29, 0.717) is 25.9 Å². The van der Waals surface area contributed by atoms with Gasteiger partial charge in [-0.1, -0.05) is 156 Å². The van der Waals surface area contributed by atoms with Crippen LogP contribution in [0.25, 0.3) is 0 Å². The van der Waals surface area contributed by atoms with Crippen molar-refractivity contribution in [2.75, 3.05) is 39.5 Å². The maximum atomic E-state index is 12.8. The summed E-state index contributed by atoms with van der Waals surface area (Å²) in [6, 6.07) is 0. The molecule has 0 fully saturated rings. The number of carbonyl (C=O) groups is 6. The van der Waals surface area contributed by atoms with E-state index in [4.69, 9.17) is 28.4 Å². The Bertz CT molecular complexity index is 998. The second-order valence-corrected chi connectivity index (χ2v) is 17.0. The summed E-state index contributed by atoms with van der Waals surface area (Å²) >= 11 is 0. The molecule has 0 spiro atoms. The third-order valence-corrected chi connectivity index (χ3v) is 10.7. The molecule has 0 aromatic rings. The molecule has 0 saturated heterocycles. The van der Waals surface area contributed by atoms with Crippen LogP contribution in [0.2, 0.25) is 0 Å². The molecule has 0 rings (SSSR count). The van der Waals surface area contributed by atoms with Gasteiger partial charge >= 0.3 is 35.8 Å². The van der Waals surface area contributed by atoms with Crippen LogP contribution in [0.3, 0.4) is 0 Å². The lowest BCUT2D eigenvalue weighted by atomic mass is 10.1. The number of hydrogen-bond donors (Lipinski definition) is 1. The lowest BCUT2D eigenvalue weighted by molar-refractivity contribution is -0.167. The average molecular weight is 898 g/mol. The maximum absolute atomic E-state index is 12.8. The molecule has 0 radical (unpaired) electrons. The molecule has 0 aliphatic carbocycles. The predicted molar refractivity (Wildman–Crippen MR) is 247 cm³/mol. The van der Waals surface area contributed by atoms with Gasteiger partial charge in [-0.3, -0.25) is 28.8 Å². The highest BCUT2D eigenvalue weighted by Gasteiger charge is 2.21. The van der Waals surface area contributed by atoms with Crippen LogP contribution >= 0.6 is 0 Å². The summed E-state index contributed by atoms with van der Waals surface area (Å²) in [5.74, 6) is -2.43. The standard InChI is InChI=1S/C50H91NO12/c1-5-9-13-17-21-25-31-45(52)58-39-43(40-59-46(53)32-26-22-18-14-10-6-2)62-49(56)35-29-37-51-38-30-36-50(57)63-44(41-60-47(54)33-27-23-19-15-11-7-3)42-61-48(55)34-28-24-20-16-12-8-4/h43-44,51H,5-42H2,1-4H3. The zero-order valence-corrected chi connectivity index (χ0v) is 40.4. The van der Waals surface area contributed by atoms with Crippen molar-refractivity contribution >= 4 is 35.8 Å². The number of rotatable bonds is 46. The molecule has 0 aromatic heterocycles. The summed E-state index contributed by atoms with van der Waals surface area (Å²) < 4.78 is 32.8. The van der Waals surface area contributed by atoms with Crippen molar-refractivity contribution < 1.29 is 57.2 Å². The van der Waals surface area contributed by atoms with Crippen molar-refractivity contribution in [3.05, 3.63) is 0 Å². The van der Waals surface area contributed by atoms with Crippen LogP contribution in [-0.2, 0) is 57.2 Å². The summed E-state index contributed by atoms with van der Waals surface area (Å²) in [6.07, 6.45) is 25.6. The smallest absolute Gasteiger partial charge is 0.306 e. The molecule has 0 bridgehead atoms. The van der Waals surface area contributed by atoms with Crippen LogP contribution in [0.1, 0.15) is 233 Å². The van der Waals surface area contributed by atoms with Crippen molar-refractivity contribution in [2.45, 2.75) is 245 Å². The fourth-order valence-corrected chi connectivity index (χ4v) is 6.79. The molecule has 0 unspecified atom stereocenters. The van der Waals surface area contributed by atoms with E-state index in [-0.39, 0.29) is 88.8 Å². The minimum Gasteiger partial charge on any atom is -0.462 e. The topological polar surface area (TPSA) is 170 Å². The predicted octanol–water partition coefficient (Wildman–Crippen LogP) is 11.1. The van der Waals surface area contributed by atoms with Gasteiger partial charge in [0.05, 0.1) is 0 Å². The number of esters is 6. The number of nitrogens with one attached hydrogen (secondary N) is 1. The summed E-state index contributed by atoms with van der Waals surface area (Å²) in [5.41, 5.74) is 0. The minimum atomic E-state index is -0.894. The zero-order chi connectivity index (χ0) is 46.4. The first-order valence-electron chi connectivity index (χ1n) is 25.4. The second-order valence-electron chi connectivity index (χ2n) is 17.0. The number of ether oxygens (including phenoxy) is 6. The Morgan fingerprint density at radius 3 is 0.778 bits per heavy atom. The third-order valence-electron chi connectivity index (χ3n) is 10.7. The second kappa shape index (κ2) is 45.4. The Kier molecular flexibility index (Phi) is 43.0. The summed E-state index contributed by atoms with van der Waals surface area (Å²) in [7, 11) is 0. The largest absolute Gasteiger partial charge is 0.462 e. The average Bonchev–Trinajstić information content (AvgIpc) is 3.27. The van der Waals surface area contributed by atoms with E-state index in [9.17, 15) is 28.8 Å². The fraction of sp³-hybridized carbons (Fsp3) is 0.880. The molecule has 0 saturated carbocycles. The molecular weight excluding hydrogens is 807 g/mol. The van der Waals surface area contributed by atoms with Gasteiger partial charge in [0.15, 0.2) is 12.2 Å². The quantitative estimate of drug-likeness (QED) is 0.0348. The van der Waals surface area contributed by atoms with Crippen molar-refractivity contribution in [2.24, 2.45) is 0 Å². The van der Waals surface area contributed by atoms with E-state index in [0.717, 1.165) is 128 Å². The van der Waals surface area contributed by atoms with E-state index in [1.807, 2.05) is 0 Å². The van der Waals surface area contributed by atoms with Crippen molar-refractivity contribution in [1.82, 2.24) is 5.32 Å². The van der Waals surface area contributed by atoms with Gasteiger partial charge in [-0.2, -0.15) is 0 Å². The Morgan fingerprint density at radius 2 is 0.524 bits per heavy atom. The van der Waals surface area contributed by atoms with E-state index in [2.05, 4.69) is 33.0 Å². The normalized spacial score (nSPS) is 11.1. The highest BCUT2D eigenvalue weighted by atomic mass is 16.6. The van der Waals surface area contributed by atoms with Crippen molar-refractivity contribution in [1.29, 1.82) is 0 Å². The molecule has 0 atom stereocenters. The van der Waals surface area contributed by atoms with Gasteiger partial charge in [0, 0.05) is 38.5 Å². The number of hydrogen-bond acceptors (Lipinski definition) is 13. The molecule has 1 N–H and O–H groups in total. The SMILES string of the molecule is CCCCCCCCC(=O)OCC(COC(=O)CCCCCCCC)OC(=O)CCCNCCCC(=O)OC(COC(=O)CCCCCCCC)COC(=O)CCCCCCCC. The Hall–Kier alpha value is -3.22. The van der Waals surface area contributed by atoms with Crippen LogP contribution in [0, 0.1) is 0 Å². The van der Waals surface area contributed by atoms with E-state index < -0.39 is 24.1 Å². The Balaban J connectivity index is 4.77. The first-order valence-corrected chi connectivity index (χ1v) is 25.4. The molecule has 368 valence electrons. The highest BCUT2D eigenvalue weighted by molar-refractivity contribution is 5.72. The number of carbonyl (C=O) groups excluding carboxylic acids is 6. The first-order chi connectivity index (χ1) is 30.6. The summed E-state index contributed by atoms with van der Waals surface area (Å²) in [4.78, 5) is 75.1. The Labute approximate surface area is 382 Å². The monoisotopic (exact) mass is 898 g/mol. The van der Waals surface area contributed by atoms with Gasteiger partial charge in [-0.15, -0.1) is 0 Å². The fourth-order valence-electron chi connectivity index (χ4n) is 6.79. The van der Waals surface area contributed by atoms with Crippen LogP contribution in [0.5, 0.6) is 0 Å². The van der Waals surface area contributed by atoms with Gasteiger partial charge in [0.1, 0.15) is 26.4 Å². The van der Waals surface area contributed by atoms with Crippen LogP contribution in [0.15, 0.2) is 0 Å². The molecule has 0 aliphatic heterocycles. The van der Waals surface area contributed by atoms with Gasteiger partial charge in [-0.25, -0.2) is 0 Å². The van der Waals surface area contributed by atoms with Crippen LogP contribution in [-0.4, -0.2) is 87.5 Å². The summed E-state index contributed by atoms with van der Waals surface area (Å²) in [5, 5.41) is 3.21. The molecule has 0 amide bonds. The van der Waals surface area contributed by atoms with Crippen LogP contribution in [0.4, 0.5) is 0 Å². The highest BCUT2D eigenvalue weighted by Crippen LogP contribution is 2.13. The molecular formula is C50H91NO12. The third kappa shape index (κ3) is 42.5. The van der Waals surface area contributed by atoms with Crippen molar-refractivity contribution in [3.8, 4) is 0 Å². The van der Waals surface area contributed by atoms with E-state index >= 15 is 0 Å². The minimum absolute atomic E-state index is 0.0970. The molecule has 63 heavy (non-hydrogen) atoms. The summed E-state index contributed by atoms with van der Waals surface area (Å²) in [6.45, 7) is 8.90. The van der Waals surface area contributed by atoms with Gasteiger partial charge < -0.3 is 33.7 Å². The number of unbranched alkanes of at least 4 members (excludes halogenated alkanes) is 20. The maximum Gasteiger partial charge on any atom is 0.306 e. The molecule has 0 heterocycles. The van der Waals surface area contributed by atoms with Crippen molar-refractivity contribution in [3.63, 3.8) is 0 Å². The molecule has 13 nitrogen and oxygen atoms in total. The molecule has 0 aliphatic rings. The molecule has 0 aromatic carbocycles.